The average Bonchev–Trinajstić information content (AvgIpc) is 3.58. The molecule has 0 N–H and O–H groups in total. The Labute approximate surface area is 242 Å². The predicted molar refractivity (Wildman–Crippen MR) is 153 cm³/mol. The monoisotopic (exact) mass is 572 g/mol. The molecule has 0 spiro atoms. The van der Waals surface area contributed by atoms with E-state index in [0.29, 0.717) is 5.69 Å². The summed E-state index contributed by atoms with van der Waals surface area (Å²) in [7, 11) is 1.83. The summed E-state index contributed by atoms with van der Waals surface area (Å²) in [6, 6.07) is 9.73. The van der Waals surface area contributed by atoms with Crippen LogP contribution in [0.15, 0.2) is 40.9 Å². The van der Waals surface area contributed by atoms with Crippen molar-refractivity contribution >= 4 is 22.6 Å². The van der Waals surface area contributed by atoms with Crippen molar-refractivity contribution < 1.29 is 22.8 Å². The molecule has 218 valence electrons. The van der Waals surface area contributed by atoms with E-state index in [0.717, 1.165) is 103 Å². The van der Waals surface area contributed by atoms with Crippen LogP contribution in [0.2, 0.25) is 0 Å². The van der Waals surface area contributed by atoms with E-state index in [2.05, 4.69) is 27.9 Å². The summed E-state index contributed by atoms with van der Waals surface area (Å²) < 4.78 is 42.4. The average molecular weight is 573 g/mol. The van der Waals surface area contributed by atoms with Crippen molar-refractivity contribution in [2.45, 2.75) is 82.4 Å². The highest BCUT2D eigenvalue weighted by Gasteiger charge is 2.56. The van der Waals surface area contributed by atoms with Gasteiger partial charge in [-0.3, -0.25) is 4.79 Å². The first kappa shape index (κ1) is 26.1. The third kappa shape index (κ3) is 3.68. The SMILES string of the molecule is COC12CCC(n3c([C@@H]4C[C@H]5C[C@H]5C(=O)N4c4ccc(F)c(F)c4)nc4cc(-c5c(C)noc5C)ccc43)(CC1)CC2. The number of carbonyl (C=O) groups excluding carboxylic acids is 1. The molecular formula is C33H34F2N4O3. The quantitative estimate of drug-likeness (QED) is 0.254. The Morgan fingerprint density at radius 3 is 2.40 bits per heavy atom. The minimum Gasteiger partial charge on any atom is -0.378 e. The fourth-order valence-electron chi connectivity index (χ4n) is 8.34. The zero-order valence-electron chi connectivity index (χ0n) is 24.1. The number of carbonyl (C=O) groups is 1. The van der Waals surface area contributed by atoms with Crippen LogP contribution in [-0.2, 0) is 15.1 Å². The standard InChI is InChI=1S/C33H34F2N4O3/c1-18-29(19(2)42-37-18)20-4-7-27-26(15-20)36-30(39(27)32-8-11-33(41-3,12-9-32)13-10-32)28-16-21-14-23(21)31(40)38(28)22-5-6-24(34)25(35)17-22/h4-7,15,17,21,23,28H,8-14,16H2,1-3H3/t21-,23-,28+,32?,33?/m1/s1. The number of halogens is 2. The lowest BCUT2D eigenvalue weighted by molar-refractivity contribution is -0.121. The molecule has 2 aromatic carbocycles. The molecular weight excluding hydrogens is 538 g/mol. The summed E-state index contributed by atoms with van der Waals surface area (Å²) in [4.78, 5) is 20.8. The molecule has 5 aliphatic rings. The number of aromatic nitrogens is 3. The van der Waals surface area contributed by atoms with Crippen LogP contribution in [0.3, 0.4) is 0 Å². The second-order valence-electron chi connectivity index (χ2n) is 13.0. The van der Waals surface area contributed by atoms with Gasteiger partial charge in [0.25, 0.3) is 0 Å². The summed E-state index contributed by atoms with van der Waals surface area (Å²) in [5.74, 6) is -0.106. The molecule has 9 heteroatoms. The lowest BCUT2D eigenvalue weighted by Crippen LogP contribution is -2.53. The third-order valence-electron chi connectivity index (χ3n) is 10.8. The van der Waals surface area contributed by atoms with Crippen LogP contribution in [0.5, 0.6) is 0 Å². The van der Waals surface area contributed by atoms with Crippen LogP contribution in [0, 0.1) is 37.3 Å². The number of hydrogen-bond donors (Lipinski definition) is 0. The summed E-state index contributed by atoms with van der Waals surface area (Å²) in [6.07, 6.45) is 7.37. The number of hydrogen-bond acceptors (Lipinski definition) is 5. The van der Waals surface area contributed by atoms with Crippen molar-refractivity contribution in [2.24, 2.45) is 11.8 Å². The molecule has 3 heterocycles. The highest BCUT2D eigenvalue weighted by Crippen LogP contribution is 2.57. The van der Waals surface area contributed by atoms with Crippen LogP contribution < -0.4 is 4.90 Å². The number of methoxy groups -OCH3 is 1. The van der Waals surface area contributed by atoms with Crippen LogP contribution in [0.4, 0.5) is 14.5 Å². The minimum atomic E-state index is -0.955. The van der Waals surface area contributed by atoms with Gasteiger partial charge in [-0.15, -0.1) is 0 Å². The summed E-state index contributed by atoms with van der Waals surface area (Å²) >= 11 is 0. The first-order valence-electron chi connectivity index (χ1n) is 15.0. The van der Waals surface area contributed by atoms with Crippen molar-refractivity contribution in [1.82, 2.24) is 14.7 Å². The van der Waals surface area contributed by atoms with Gasteiger partial charge in [0.1, 0.15) is 11.6 Å². The van der Waals surface area contributed by atoms with Crippen molar-refractivity contribution in [3.63, 3.8) is 0 Å². The van der Waals surface area contributed by atoms with Gasteiger partial charge in [0.15, 0.2) is 11.6 Å². The maximum atomic E-state index is 14.5. The maximum absolute atomic E-state index is 14.5. The summed E-state index contributed by atoms with van der Waals surface area (Å²) in [6.45, 7) is 3.85. The molecule has 5 fully saturated rings. The number of anilines is 1. The van der Waals surface area contributed by atoms with Crippen LogP contribution in [-0.4, -0.2) is 33.3 Å². The predicted octanol–water partition coefficient (Wildman–Crippen LogP) is 7.15. The van der Waals surface area contributed by atoms with Gasteiger partial charge in [-0.2, -0.15) is 0 Å². The Morgan fingerprint density at radius 1 is 0.976 bits per heavy atom. The Kier molecular flexibility index (Phi) is 5.56. The maximum Gasteiger partial charge on any atom is 0.231 e. The molecule has 0 unspecified atom stereocenters. The lowest BCUT2D eigenvalue weighted by Gasteiger charge is -2.54. The highest BCUT2D eigenvalue weighted by molar-refractivity contribution is 5.98. The smallest absolute Gasteiger partial charge is 0.231 e. The molecule has 4 aliphatic carbocycles. The van der Waals surface area contributed by atoms with Crippen molar-refractivity contribution in [3.05, 3.63) is 65.3 Å². The Hall–Kier alpha value is -3.59. The second-order valence-corrected chi connectivity index (χ2v) is 13.0. The summed E-state index contributed by atoms with van der Waals surface area (Å²) in [5.41, 5.74) is 4.81. The van der Waals surface area contributed by atoms with E-state index in [1.54, 1.807) is 4.90 Å². The molecule has 9 rings (SSSR count). The molecule has 1 aliphatic heterocycles. The van der Waals surface area contributed by atoms with E-state index < -0.39 is 11.6 Å². The molecule has 2 aromatic heterocycles. The zero-order valence-corrected chi connectivity index (χ0v) is 24.1. The first-order valence-corrected chi connectivity index (χ1v) is 15.0. The molecule has 3 atom stereocenters. The molecule has 4 aromatic rings. The minimum absolute atomic E-state index is 0.0273. The van der Waals surface area contributed by atoms with Crippen LogP contribution in [0.25, 0.3) is 22.2 Å². The highest BCUT2D eigenvalue weighted by atomic mass is 19.2. The number of nitrogens with zero attached hydrogens (tertiary/aromatic N) is 4. The fraction of sp³-hybridized carbons (Fsp3) is 0.485. The fourth-order valence-corrected chi connectivity index (χ4v) is 8.34. The number of rotatable bonds is 5. The number of piperidine rings is 1. The van der Waals surface area contributed by atoms with Gasteiger partial charge >= 0.3 is 0 Å². The Morgan fingerprint density at radius 2 is 1.74 bits per heavy atom. The van der Waals surface area contributed by atoms with E-state index in [1.165, 1.54) is 6.07 Å². The van der Waals surface area contributed by atoms with Gasteiger partial charge in [-0.1, -0.05) is 11.2 Å². The van der Waals surface area contributed by atoms with Crippen molar-refractivity contribution in [3.8, 4) is 11.1 Å². The molecule has 7 nitrogen and oxygen atoms in total. The number of imidazole rings is 1. The first-order chi connectivity index (χ1) is 20.2. The number of benzene rings is 2. The number of ether oxygens (including phenoxy) is 1. The molecule has 42 heavy (non-hydrogen) atoms. The van der Waals surface area contributed by atoms with Crippen molar-refractivity contribution in [2.75, 3.05) is 12.0 Å². The van der Waals surface area contributed by atoms with Crippen LogP contribution >= 0.6 is 0 Å². The van der Waals surface area contributed by atoms with Gasteiger partial charge in [0.2, 0.25) is 5.91 Å². The van der Waals surface area contributed by atoms with E-state index in [9.17, 15) is 13.6 Å². The topological polar surface area (TPSA) is 73.4 Å². The van der Waals surface area contributed by atoms with Gasteiger partial charge in [0, 0.05) is 35.9 Å². The van der Waals surface area contributed by atoms with E-state index in [4.69, 9.17) is 14.2 Å². The van der Waals surface area contributed by atoms with Gasteiger partial charge in [0.05, 0.1) is 28.4 Å². The Balaban J connectivity index is 1.33. The Bertz CT molecular complexity index is 1720. The van der Waals surface area contributed by atoms with E-state index >= 15 is 0 Å². The number of amides is 1. The molecule has 0 radical (unpaired) electrons. The lowest BCUT2D eigenvalue weighted by atomic mass is 9.62. The van der Waals surface area contributed by atoms with E-state index in [1.807, 2.05) is 21.0 Å². The molecule has 2 bridgehead atoms. The number of aryl methyl sites for hydroxylation is 2. The third-order valence-corrected chi connectivity index (χ3v) is 10.8. The largest absolute Gasteiger partial charge is 0.378 e. The van der Waals surface area contributed by atoms with Crippen LogP contribution in [0.1, 0.15) is 74.7 Å². The summed E-state index contributed by atoms with van der Waals surface area (Å²) in [5, 5.41) is 4.15. The number of fused-ring (bicyclic) bond motifs is 5. The second kappa shape index (κ2) is 8.96. The molecule has 4 saturated carbocycles. The van der Waals surface area contributed by atoms with E-state index in [-0.39, 0.29) is 34.9 Å². The van der Waals surface area contributed by atoms with Crippen molar-refractivity contribution in [1.29, 1.82) is 0 Å². The van der Waals surface area contributed by atoms with Gasteiger partial charge < -0.3 is 18.7 Å². The molecule has 1 saturated heterocycles. The normalized spacial score (nSPS) is 30.3. The zero-order chi connectivity index (χ0) is 29.0. The van der Waals surface area contributed by atoms with Gasteiger partial charge in [-0.25, -0.2) is 13.8 Å². The van der Waals surface area contributed by atoms with Gasteiger partial charge in [-0.05, 0) is 101 Å². The molecule has 1 amide bonds.